The van der Waals surface area contributed by atoms with Crippen molar-refractivity contribution < 1.29 is 19.1 Å². The molecule has 3 rings (SSSR count). The third kappa shape index (κ3) is 7.57. The molecule has 188 valence electrons. The number of ether oxygens (including phenoxy) is 2. The Morgan fingerprint density at radius 3 is 2.51 bits per heavy atom. The smallest absolute Gasteiger partial charge is 0.358 e. The molecule has 7 nitrogen and oxygen atoms in total. The summed E-state index contributed by atoms with van der Waals surface area (Å²) >= 11 is 0. The predicted molar refractivity (Wildman–Crippen MR) is 138 cm³/mol. The van der Waals surface area contributed by atoms with Crippen molar-refractivity contribution in [3.8, 4) is 17.0 Å². The number of rotatable bonds is 10. The van der Waals surface area contributed by atoms with E-state index in [-0.39, 0.29) is 17.0 Å². The first-order valence-corrected chi connectivity index (χ1v) is 12.4. The quantitative estimate of drug-likeness (QED) is 0.360. The van der Waals surface area contributed by atoms with Crippen molar-refractivity contribution >= 4 is 17.6 Å². The Kier molecular flexibility index (Phi) is 8.90. The van der Waals surface area contributed by atoms with Crippen molar-refractivity contribution in [2.75, 3.05) is 19.8 Å². The molecule has 0 saturated carbocycles. The van der Waals surface area contributed by atoms with E-state index in [1.54, 1.807) is 17.7 Å². The average molecular weight is 480 g/mol. The zero-order chi connectivity index (χ0) is 25.4. The molecule has 1 heterocycles. The van der Waals surface area contributed by atoms with Crippen LogP contribution in [-0.4, -0.2) is 41.4 Å². The van der Waals surface area contributed by atoms with Gasteiger partial charge in [-0.15, -0.1) is 0 Å². The number of esters is 1. The van der Waals surface area contributed by atoms with Gasteiger partial charge in [-0.2, -0.15) is 5.10 Å². The lowest BCUT2D eigenvalue weighted by atomic mass is 9.92. The van der Waals surface area contributed by atoms with Crippen LogP contribution in [0.1, 0.15) is 64.4 Å². The van der Waals surface area contributed by atoms with Gasteiger partial charge in [0.15, 0.2) is 5.69 Å². The maximum absolute atomic E-state index is 12.4. The number of amides is 1. The van der Waals surface area contributed by atoms with Gasteiger partial charge in [0.2, 0.25) is 5.91 Å². The summed E-state index contributed by atoms with van der Waals surface area (Å²) < 4.78 is 12.8. The Bertz CT molecular complexity index is 1070. The third-order valence-corrected chi connectivity index (χ3v) is 5.67. The lowest BCUT2D eigenvalue weighted by Gasteiger charge is -2.17. The SMILES string of the molecule is CCOC(=O)c1cc(-c2ccc(OCCNC(=O)CC(C)(C)C)cc2)n(C2=CCC(CC)C=C2)n1. The molecule has 0 radical (unpaired) electrons. The van der Waals surface area contributed by atoms with Crippen LogP contribution in [0.4, 0.5) is 0 Å². The number of carbonyl (C=O) groups excluding carboxylic acids is 2. The number of hydrogen-bond acceptors (Lipinski definition) is 5. The molecule has 0 aliphatic heterocycles. The molecule has 0 fully saturated rings. The van der Waals surface area contributed by atoms with Gasteiger partial charge in [0.1, 0.15) is 12.4 Å². The van der Waals surface area contributed by atoms with Gasteiger partial charge in [-0.3, -0.25) is 4.79 Å². The Labute approximate surface area is 208 Å². The van der Waals surface area contributed by atoms with Gasteiger partial charge >= 0.3 is 5.97 Å². The normalized spacial score (nSPS) is 15.5. The summed E-state index contributed by atoms with van der Waals surface area (Å²) in [6.07, 6.45) is 8.92. The Morgan fingerprint density at radius 1 is 1.17 bits per heavy atom. The second-order valence-electron chi connectivity index (χ2n) is 9.90. The molecule has 0 bridgehead atoms. The molecule has 0 spiro atoms. The first-order chi connectivity index (χ1) is 16.7. The number of aromatic nitrogens is 2. The molecule has 2 aromatic rings. The molecule has 1 N–H and O–H groups in total. The molecule has 1 atom stereocenters. The largest absolute Gasteiger partial charge is 0.492 e. The molecular weight excluding hydrogens is 442 g/mol. The fraction of sp³-hybridized carbons (Fsp3) is 0.464. The van der Waals surface area contributed by atoms with Crippen molar-refractivity contribution in [3.05, 3.63) is 54.3 Å². The molecule has 1 aromatic heterocycles. The standard InChI is InChI=1S/C28H37N3O4/c1-6-20-8-12-22(13-9-20)31-25(18-24(30-31)27(33)34-7-2)21-10-14-23(15-11-21)35-17-16-29-26(32)19-28(3,4)5/h8,10-15,18,20H,6-7,9,16-17,19H2,1-5H3,(H,29,32). The summed E-state index contributed by atoms with van der Waals surface area (Å²) in [5.41, 5.74) is 2.89. The van der Waals surface area contributed by atoms with Gasteiger partial charge < -0.3 is 14.8 Å². The van der Waals surface area contributed by atoms with Gasteiger partial charge in [-0.05, 0) is 67.5 Å². The second-order valence-corrected chi connectivity index (χ2v) is 9.90. The summed E-state index contributed by atoms with van der Waals surface area (Å²) in [7, 11) is 0. The van der Waals surface area contributed by atoms with Crippen LogP contribution in [0.25, 0.3) is 17.0 Å². The number of carbonyl (C=O) groups is 2. The summed E-state index contributed by atoms with van der Waals surface area (Å²) in [5.74, 6) is 0.821. The lowest BCUT2D eigenvalue weighted by molar-refractivity contribution is -0.122. The lowest BCUT2D eigenvalue weighted by Crippen LogP contribution is -2.30. The fourth-order valence-electron chi connectivity index (χ4n) is 3.83. The zero-order valence-corrected chi connectivity index (χ0v) is 21.5. The van der Waals surface area contributed by atoms with E-state index in [4.69, 9.17) is 9.47 Å². The highest BCUT2D eigenvalue weighted by molar-refractivity contribution is 5.89. The van der Waals surface area contributed by atoms with Gasteiger partial charge in [-0.25, -0.2) is 9.48 Å². The van der Waals surface area contributed by atoms with Crippen LogP contribution in [0.3, 0.4) is 0 Å². The van der Waals surface area contributed by atoms with Crippen LogP contribution in [0.5, 0.6) is 5.75 Å². The van der Waals surface area contributed by atoms with Gasteiger partial charge in [-0.1, -0.05) is 39.8 Å². The molecule has 1 amide bonds. The van der Waals surface area contributed by atoms with Crippen molar-refractivity contribution in [3.63, 3.8) is 0 Å². The maximum atomic E-state index is 12.4. The number of hydrogen-bond donors (Lipinski definition) is 1. The maximum Gasteiger partial charge on any atom is 0.358 e. The molecule has 1 aromatic carbocycles. The van der Waals surface area contributed by atoms with E-state index < -0.39 is 5.97 Å². The van der Waals surface area contributed by atoms with E-state index in [9.17, 15) is 9.59 Å². The van der Waals surface area contributed by atoms with Crippen LogP contribution >= 0.6 is 0 Å². The Hall–Kier alpha value is -3.35. The minimum atomic E-state index is -0.437. The molecule has 1 unspecified atom stereocenters. The van der Waals surface area contributed by atoms with Crippen LogP contribution in [0, 0.1) is 11.3 Å². The number of nitrogens with one attached hydrogen (secondary N) is 1. The van der Waals surface area contributed by atoms with Crippen LogP contribution < -0.4 is 10.1 Å². The minimum Gasteiger partial charge on any atom is -0.492 e. The highest BCUT2D eigenvalue weighted by Crippen LogP contribution is 2.29. The van der Waals surface area contributed by atoms with Gasteiger partial charge in [0, 0.05) is 12.0 Å². The fourth-order valence-corrected chi connectivity index (χ4v) is 3.83. The summed E-state index contributed by atoms with van der Waals surface area (Å²) in [6, 6.07) is 9.41. The number of allylic oxidation sites excluding steroid dienone is 4. The number of nitrogens with zero attached hydrogens (tertiary/aromatic N) is 2. The van der Waals surface area contributed by atoms with Gasteiger partial charge in [0.05, 0.1) is 24.5 Å². The number of benzene rings is 1. The van der Waals surface area contributed by atoms with E-state index in [2.05, 4.69) is 35.6 Å². The van der Waals surface area contributed by atoms with Crippen molar-refractivity contribution in [2.45, 2.75) is 53.9 Å². The van der Waals surface area contributed by atoms with Crippen LogP contribution in [0.2, 0.25) is 0 Å². The molecule has 35 heavy (non-hydrogen) atoms. The van der Waals surface area contributed by atoms with Crippen molar-refractivity contribution in [1.29, 1.82) is 0 Å². The molecular formula is C28H37N3O4. The van der Waals surface area contributed by atoms with E-state index in [0.29, 0.717) is 37.8 Å². The second kappa shape index (κ2) is 11.9. The Balaban J connectivity index is 1.70. The molecule has 1 aliphatic rings. The highest BCUT2D eigenvalue weighted by Gasteiger charge is 2.20. The third-order valence-electron chi connectivity index (χ3n) is 5.67. The minimum absolute atomic E-state index is 0.0263. The monoisotopic (exact) mass is 479 g/mol. The highest BCUT2D eigenvalue weighted by atomic mass is 16.5. The van der Waals surface area contributed by atoms with Crippen LogP contribution in [-0.2, 0) is 9.53 Å². The van der Waals surface area contributed by atoms with Crippen molar-refractivity contribution in [1.82, 2.24) is 15.1 Å². The Morgan fingerprint density at radius 2 is 1.91 bits per heavy atom. The van der Waals surface area contributed by atoms with E-state index >= 15 is 0 Å². The van der Waals surface area contributed by atoms with Crippen LogP contribution in [0.15, 0.2) is 48.6 Å². The van der Waals surface area contributed by atoms with Gasteiger partial charge in [0.25, 0.3) is 0 Å². The molecule has 1 aliphatic carbocycles. The molecule has 0 saturated heterocycles. The summed E-state index contributed by atoms with van der Waals surface area (Å²) in [4.78, 5) is 24.3. The van der Waals surface area contributed by atoms with Crippen molar-refractivity contribution in [2.24, 2.45) is 11.3 Å². The topological polar surface area (TPSA) is 82.5 Å². The average Bonchev–Trinajstić information content (AvgIpc) is 3.27. The molecule has 7 heteroatoms. The summed E-state index contributed by atoms with van der Waals surface area (Å²) in [6.45, 7) is 11.2. The first kappa shape index (κ1) is 26.3. The van der Waals surface area contributed by atoms with E-state index in [0.717, 1.165) is 29.8 Å². The van der Waals surface area contributed by atoms with E-state index in [1.165, 1.54) is 0 Å². The predicted octanol–water partition coefficient (Wildman–Crippen LogP) is 5.49. The first-order valence-electron chi connectivity index (χ1n) is 12.4. The zero-order valence-electron chi connectivity index (χ0n) is 21.5. The van der Waals surface area contributed by atoms with E-state index in [1.807, 2.05) is 45.0 Å². The summed E-state index contributed by atoms with van der Waals surface area (Å²) in [5, 5.41) is 7.45.